The lowest BCUT2D eigenvalue weighted by atomic mass is 9.87. The summed E-state index contributed by atoms with van der Waals surface area (Å²) in [6.45, 7) is 4.25. The smallest absolute Gasteiger partial charge is 0.255 e. The Kier molecular flexibility index (Phi) is 5.83. The number of anilines is 1. The Bertz CT molecular complexity index is 1080. The quantitative estimate of drug-likeness (QED) is 0.608. The van der Waals surface area contributed by atoms with Gasteiger partial charge in [-0.3, -0.25) is 4.79 Å². The van der Waals surface area contributed by atoms with Gasteiger partial charge in [0.05, 0.1) is 28.4 Å². The lowest BCUT2D eigenvalue weighted by Gasteiger charge is -2.32. The van der Waals surface area contributed by atoms with E-state index in [1.165, 1.54) is 5.56 Å². The molecule has 1 aromatic carbocycles. The zero-order chi connectivity index (χ0) is 22.0. The molecule has 2 aromatic heterocycles. The second-order valence-electron chi connectivity index (χ2n) is 8.88. The fourth-order valence-electron chi connectivity index (χ4n) is 5.14. The molecule has 7 heteroatoms. The van der Waals surface area contributed by atoms with Gasteiger partial charge in [-0.15, -0.1) is 0 Å². The summed E-state index contributed by atoms with van der Waals surface area (Å²) in [5, 5.41) is 12.5. The van der Waals surface area contributed by atoms with Gasteiger partial charge in [-0.1, -0.05) is 43.2 Å². The number of rotatable bonds is 6. The third-order valence-corrected chi connectivity index (χ3v) is 6.92. The molecule has 2 N–H and O–H groups in total. The molecular formula is C25H31N5O2. The summed E-state index contributed by atoms with van der Waals surface area (Å²) in [5.41, 5.74) is 3.08. The second-order valence-corrected chi connectivity index (χ2v) is 8.88. The maximum atomic E-state index is 13.7. The third-order valence-electron chi connectivity index (χ3n) is 6.92. The van der Waals surface area contributed by atoms with Crippen LogP contribution in [0.4, 0.5) is 5.69 Å². The predicted molar refractivity (Wildman–Crippen MR) is 125 cm³/mol. The van der Waals surface area contributed by atoms with Gasteiger partial charge in [-0.25, -0.2) is 9.67 Å². The largest absolute Gasteiger partial charge is 0.381 e. The minimum atomic E-state index is -0.323. The maximum Gasteiger partial charge on any atom is 0.255 e. The number of carbonyl (C=O) groups is 1. The van der Waals surface area contributed by atoms with Crippen LogP contribution in [0, 0.1) is 0 Å². The summed E-state index contributed by atoms with van der Waals surface area (Å²) in [7, 11) is 0. The number of nitrogens with zero attached hydrogens (tertiary/aromatic N) is 3. The van der Waals surface area contributed by atoms with Gasteiger partial charge in [0.15, 0.2) is 5.65 Å². The first-order chi connectivity index (χ1) is 15.7. The van der Waals surface area contributed by atoms with E-state index in [4.69, 9.17) is 4.74 Å². The molecule has 32 heavy (non-hydrogen) atoms. The van der Waals surface area contributed by atoms with E-state index in [0.29, 0.717) is 5.56 Å². The molecule has 0 atom stereocenters. The normalized spacial score (nSPS) is 18.7. The number of hydrogen-bond acceptors (Lipinski definition) is 5. The van der Waals surface area contributed by atoms with Crippen molar-refractivity contribution >= 4 is 22.6 Å². The average molecular weight is 434 g/mol. The van der Waals surface area contributed by atoms with E-state index in [9.17, 15) is 4.79 Å². The lowest BCUT2D eigenvalue weighted by molar-refractivity contribution is 0.0894. The topological polar surface area (TPSA) is 81.1 Å². The highest BCUT2D eigenvalue weighted by Crippen LogP contribution is 2.39. The number of benzene rings is 1. The van der Waals surface area contributed by atoms with Crippen LogP contribution in [0.1, 0.15) is 61.4 Å². The molecule has 1 saturated carbocycles. The summed E-state index contributed by atoms with van der Waals surface area (Å²) in [4.78, 5) is 18.4. The number of pyridine rings is 1. The van der Waals surface area contributed by atoms with Gasteiger partial charge in [0.1, 0.15) is 0 Å². The minimum absolute atomic E-state index is 0.0797. The molecule has 168 valence electrons. The molecule has 0 radical (unpaired) electrons. The van der Waals surface area contributed by atoms with E-state index in [0.717, 1.165) is 75.0 Å². The summed E-state index contributed by atoms with van der Waals surface area (Å²) in [5.74, 6) is -0.0797. The van der Waals surface area contributed by atoms with Crippen LogP contribution in [0.3, 0.4) is 0 Å². The van der Waals surface area contributed by atoms with Crippen LogP contribution in [0.5, 0.6) is 0 Å². The summed E-state index contributed by atoms with van der Waals surface area (Å²) < 4.78 is 7.40. The molecule has 0 spiro atoms. The Labute approximate surface area is 188 Å². The van der Waals surface area contributed by atoms with Crippen LogP contribution < -0.4 is 10.6 Å². The van der Waals surface area contributed by atoms with Crippen molar-refractivity contribution in [1.82, 2.24) is 20.1 Å². The van der Waals surface area contributed by atoms with Gasteiger partial charge >= 0.3 is 0 Å². The van der Waals surface area contributed by atoms with Gasteiger partial charge in [0, 0.05) is 32.0 Å². The molecule has 2 aliphatic rings. The number of amides is 1. The van der Waals surface area contributed by atoms with Crippen molar-refractivity contribution in [3.05, 3.63) is 53.9 Å². The van der Waals surface area contributed by atoms with Crippen molar-refractivity contribution in [2.24, 2.45) is 0 Å². The van der Waals surface area contributed by atoms with Gasteiger partial charge in [0.2, 0.25) is 0 Å². The SMILES string of the molecule is CCn1ncc2c(NC3CCOCC3)c(C(=O)NC3(c4ccccc4)CCCC3)cnc21. The van der Waals surface area contributed by atoms with E-state index in [1.54, 1.807) is 6.20 Å². The van der Waals surface area contributed by atoms with Crippen molar-refractivity contribution in [3.8, 4) is 0 Å². The highest BCUT2D eigenvalue weighted by atomic mass is 16.5. The van der Waals surface area contributed by atoms with Crippen LogP contribution in [-0.4, -0.2) is 39.9 Å². The molecule has 1 amide bonds. The number of nitrogens with one attached hydrogen (secondary N) is 2. The van der Waals surface area contributed by atoms with E-state index in [2.05, 4.69) is 32.8 Å². The Morgan fingerprint density at radius 1 is 1.16 bits per heavy atom. The maximum absolute atomic E-state index is 13.7. The number of ether oxygens (including phenoxy) is 1. The third kappa shape index (κ3) is 3.86. The molecule has 0 unspecified atom stereocenters. The van der Waals surface area contributed by atoms with Crippen LogP contribution in [-0.2, 0) is 16.8 Å². The fraction of sp³-hybridized carbons (Fsp3) is 0.480. The van der Waals surface area contributed by atoms with Gasteiger partial charge < -0.3 is 15.4 Å². The first kappa shape index (κ1) is 20.9. The highest BCUT2D eigenvalue weighted by Gasteiger charge is 2.38. The molecule has 2 fully saturated rings. The van der Waals surface area contributed by atoms with Gasteiger partial charge in [0.25, 0.3) is 5.91 Å². The van der Waals surface area contributed by atoms with Crippen molar-refractivity contribution in [2.45, 2.75) is 63.6 Å². The Morgan fingerprint density at radius 2 is 1.91 bits per heavy atom. The molecule has 0 bridgehead atoms. The van der Waals surface area contributed by atoms with E-state index in [1.807, 2.05) is 36.0 Å². The van der Waals surface area contributed by atoms with Crippen molar-refractivity contribution in [1.29, 1.82) is 0 Å². The first-order valence-corrected chi connectivity index (χ1v) is 11.8. The predicted octanol–water partition coefficient (Wildman–Crippen LogP) is 4.24. The second kappa shape index (κ2) is 8.90. The van der Waals surface area contributed by atoms with Crippen LogP contribution in [0.2, 0.25) is 0 Å². The number of aromatic nitrogens is 3. The number of carbonyl (C=O) groups excluding carboxylic acids is 1. The Morgan fingerprint density at radius 3 is 2.62 bits per heavy atom. The zero-order valence-electron chi connectivity index (χ0n) is 18.6. The molecule has 1 aliphatic heterocycles. The van der Waals surface area contributed by atoms with E-state index < -0.39 is 0 Å². The van der Waals surface area contributed by atoms with E-state index in [-0.39, 0.29) is 17.5 Å². The number of fused-ring (bicyclic) bond motifs is 1. The summed E-state index contributed by atoms with van der Waals surface area (Å²) in [6.07, 6.45) is 9.50. The number of hydrogen-bond donors (Lipinski definition) is 2. The minimum Gasteiger partial charge on any atom is -0.381 e. The molecule has 5 rings (SSSR count). The summed E-state index contributed by atoms with van der Waals surface area (Å²) >= 11 is 0. The lowest BCUT2D eigenvalue weighted by Crippen LogP contribution is -2.44. The molecule has 3 aromatic rings. The molecule has 1 saturated heterocycles. The van der Waals surface area contributed by atoms with E-state index >= 15 is 0 Å². The van der Waals surface area contributed by atoms with Gasteiger partial charge in [-0.2, -0.15) is 5.10 Å². The average Bonchev–Trinajstić information content (AvgIpc) is 3.48. The fourth-order valence-corrected chi connectivity index (χ4v) is 5.14. The summed E-state index contributed by atoms with van der Waals surface area (Å²) in [6, 6.07) is 10.6. The Balaban J connectivity index is 1.52. The number of aryl methyl sites for hydroxylation is 1. The van der Waals surface area contributed by atoms with Crippen LogP contribution >= 0.6 is 0 Å². The molecule has 1 aliphatic carbocycles. The van der Waals surface area contributed by atoms with Crippen molar-refractivity contribution in [3.63, 3.8) is 0 Å². The monoisotopic (exact) mass is 433 g/mol. The highest BCUT2D eigenvalue weighted by molar-refractivity contribution is 6.06. The van der Waals surface area contributed by atoms with Gasteiger partial charge in [-0.05, 0) is 38.2 Å². The van der Waals surface area contributed by atoms with Crippen molar-refractivity contribution in [2.75, 3.05) is 18.5 Å². The van der Waals surface area contributed by atoms with Crippen LogP contribution in [0.15, 0.2) is 42.7 Å². The zero-order valence-corrected chi connectivity index (χ0v) is 18.6. The Hall–Kier alpha value is -2.93. The molecule has 3 heterocycles. The van der Waals surface area contributed by atoms with Crippen LogP contribution in [0.25, 0.3) is 11.0 Å². The molecule has 7 nitrogen and oxygen atoms in total. The standard InChI is InChI=1S/C25H31N5O2/c1-2-30-23-20(17-27-30)22(28-19-10-14-32-15-11-19)21(16-26-23)24(31)29-25(12-6-7-13-25)18-8-4-3-5-9-18/h3-5,8-9,16-17,19H,2,6-7,10-15H2,1H3,(H,26,28)(H,29,31). The first-order valence-electron chi connectivity index (χ1n) is 11.8. The molecular weight excluding hydrogens is 402 g/mol. The van der Waals surface area contributed by atoms with Crippen molar-refractivity contribution < 1.29 is 9.53 Å².